The molecule has 112 valence electrons. The van der Waals surface area contributed by atoms with E-state index in [1.54, 1.807) is 7.11 Å². The van der Waals surface area contributed by atoms with Crippen LogP contribution in [0.25, 0.3) is 0 Å². The Kier molecular flexibility index (Phi) is 7.41. The molecule has 4 nitrogen and oxygen atoms in total. The van der Waals surface area contributed by atoms with Crippen LogP contribution in [0.1, 0.15) is 31.2 Å². The summed E-state index contributed by atoms with van der Waals surface area (Å²) in [6, 6.07) is 8.29. The first-order valence-corrected chi connectivity index (χ1v) is 6.91. The van der Waals surface area contributed by atoms with Crippen molar-refractivity contribution in [3.8, 4) is 5.75 Å². The molecule has 0 saturated carbocycles. The van der Waals surface area contributed by atoms with Crippen LogP contribution in [0, 0.1) is 0 Å². The summed E-state index contributed by atoms with van der Waals surface area (Å²) in [5.74, 6) is 0.943. The quantitative estimate of drug-likeness (QED) is 0.847. The van der Waals surface area contributed by atoms with E-state index in [4.69, 9.17) is 4.74 Å². The van der Waals surface area contributed by atoms with Crippen LogP contribution in [-0.4, -0.2) is 25.6 Å². The van der Waals surface area contributed by atoms with E-state index in [0.717, 1.165) is 24.3 Å². The number of nitrogens with one attached hydrogen (secondary N) is 2. The van der Waals surface area contributed by atoms with Gasteiger partial charge in [-0.2, -0.15) is 0 Å². The van der Waals surface area contributed by atoms with Crippen LogP contribution < -0.4 is 15.4 Å². The molecule has 1 aliphatic rings. The minimum Gasteiger partial charge on any atom is -0.497 e. The molecule has 5 heteroatoms. The number of hydrogen-bond acceptors (Lipinski definition) is 3. The zero-order chi connectivity index (χ0) is 13.5. The van der Waals surface area contributed by atoms with Crippen LogP contribution >= 0.6 is 12.4 Å². The maximum atomic E-state index is 11.8. The van der Waals surface area contributed by atoms with Crippen LogP contribution in [0.5, 0.6) is 5.75 Å². The molecule has 20 heavy (non-hydrogen) atoms. The predicted octanol–water partition coefficient (Wildman–Crippen LogP) is 2.27. The molecule has 2 rings (SSSR count). The van der Waals surface area contributed by atoms with Crippen molar-refractivity contribution in [3.05, 3.63) is 29.8 Å². The predicted molar refractivity (Wildman–Crippen MR) is 82.3 cm³/mol. The molecule has 1 aromatic rings. The Labute approximate surface area is 126 Å². The summed E-state index contributed by atoms with van der Waals surface area (Å²) >= 11 is 0. The maximum Gasteiger partial charge on any atom is 0.220 e. The Morgan fingerprint density at radius 1 is 1.50 bits per heavy atom. The van der Waals surface area contributed by atoms with Crippen LogP contribution in [0.15, 0.2) is 24.3 Å². The monoisotopic (exact) mass is 298 g/mol. The molecule has 1 atom stereocenters. The third-order valence-corrected chi connectivity index (χ3v) is 3.51. The van der Waals surface area contributed by atoms with Crippen molar-refractivity contribution < 1.29 is 9.53 Å². The fourth-order valence-electron chi connectivity index (χ4n) is 2.38. The van der Waals surface area contributed by atoms with Gasteiger partial charge in [-0.15, -0.1) is 12.4 Å². The summed E-state index contributed by atoms with van der Waals surface area (Å²) in [6.45, 7) is 1.66. The first kappa shape index (κ1) is 16.8. The van der Waals surface area contributed by atoms with Crippen LogP contribution in [-0.2, 0) is 11.3 Å². The van der Waals surface area contributed by atoms with Gasteiger partial charge in [0.15, 0.2) is 0 Å². The van der Waals surface area contributed by atoms with Gasteiger partial charge in [0.1, 0.15) is 5.75 Å². The van der Waals surface area contributed by atoms with Crippen molar-refractivity contribution >= 4 is 18.3 Å². The highest BCUT2D eigenvalue weighted by atomic mass is 35.5. The van der Waals surface area contributed by atoms with Gasteiger partial charge in [-0.05, 0) is 43.5 Å². The maximum absolute atomic E-state index is 11.8. The number of benzene rings is 1. The van der Waals surface area contributed by atoms with E-state index >= 15 is 0 Å². The van der Waals surface area contributed by atoms with E-state index in [2.05, 4.69) is 10.6 Å². The minimum atomic E-state index is 0. The smallest absolute Gasteiger partial charge is 0.220 e. The second-order valence-corrected chi connectivity index (χ2v) is 4.96. The van der Waals surface area contributed by atoms with E-state index in [1.807, 2.05) is 24.3 Å². The molecular weight excluding hydrogens is 276 g/mol. The molecule has 0 aromatic heterocycles. The zero-order valence-electron chi connectivity index (χ0n) is 11.9. The van der Waals surface area contributed by atoms with Gasteiger partial charge in [0, 0.05) is 19.0 Å². The van der Waals surface area contributed by atoms with Gasteiger partial charge >= 0.3 is 0 Å². The van der Waals surface area contributed by atoms with Gasteiger partial charge in [0.25, 0.3) is 0 Å². The summed E-state index contributed by atoms with van der Waals surface area (Å²) in [5.41, 5.74) is 1.06. The lowest BCUT2D eigenvalue weighted by Gasteiger charge is -2.10. The van der Waals surface area contributed by atoms with E-state index in [9.17, 15) is 4.79 Å². The van der Waals surface area contributed by atoms with Crippen LogP contribution in [0.2, 0.25) is 0 Å². The molecule has 0 aliphatic carbocycles. The third kappa shape index (κ3) is 5.39. The summed E-state index contributed by atoms with van der Waals surface area (Å²) < 4.78 is 5.16. The number of halogens is 1. The molecular formula is C15H23ClN2O2. The highest BCUT2D eigenvalue weighted by Gasteiger charge is 2.14. The fraction of sp³-hybridized carbons (Fsp3) is 0.533. The standard InChI is InChI=1S/C15H22N2O2.ClH/c1-19-14-6-2-4-12(10-14)11-17-15(18)8-7-13-5-3-9-16-13;/h2,4,6,10,13,16H,3,5,7-9,11H2,1H3,(H,17,18);1H. The molecule has 1 aromatic carbocycles. The molecule has 0 bridgehead atoms. The van der Waals surface area contributed by atoms with Crippen molar-refractivity contribution in [1.29, 1.82) is 0 Å². The van der Waals surface area contributed by atoms with Crippen molar-refractivity contribution in [2.45, 2.75) is 38.3 Å². The summed E-state index contributed by atoms with van der Waals surface area (Å²) in [4.78, 5) is 11.8. The molecule has 1 fully saturated rings. The highest BCUT2D eigenvalue weighted by Crippen LogP contribution is 2.13. The molecule has 2 N–H and O–H groups in total. The average Bonchev–Trinajstić information content (AvgIpc) is 2.96. The fourth-order valence-corrected chi connectivity index (χ4v) is 2.38. The number of carbonyl (C=O) groups excluding carboxylic acids is 1. The number of amides is 1. The van der Waals surface area contributed by atoms with E-state index < -0.39 is 0 Å². The van der Waals surface area contributed by atoms with Crippen molar-refractivity contribution in [2.75, 3.05) is 13.7 Å². The SMILES string of the molecule is COc1cccc(CNC(=O)CCC2CCCN2)c1.Cl. The molecule has 0 radical (unpaired) electrons. The molecule has 1 aliphatic heterocycles. The van der Waals surface area contributed by atoms with Crippen molar-refractivity contribution in [1.82, 2.24) is 10.6 Å². The number of ether oxygens (including phenoxy) is 1. The molecule has 1 heterocycles. The summed E-state index contributed by atoms with van der Waals surface area (Å²) in [5, 5.41) is 6.36. The second kappa shape index (κ2) is 8.82. The lowest BCUT2D eigenvalue weighted by atomic mass is 10.1. The van der Waals surface area contributed by atoms with Gasteiger partial charge in [-0.1, -0.05) is 12.1 Å². The van der Waals surface area contributed by atoms with Gasteiger partial charge in [0.2, 0.25) is 5.91 Å². The summed E-state index contributed by atoms with van der Waals surface area (Å²) in [6.07, 6.45) is 3.96. The van der Waals surface area contributed by atoms with Gasteiger partial charge in [-0.25, -0.2) is 0 Å². The normalized spacial score (nSPS) is 17.4. The highest BCUT2D eigenvalue weighted by molar-refractivity contribution is 5.85. The van der Waals surface area contributed by atoms with Gasteiger partial charge in [-0.3, -0.25) is 4.79 Å². The lowest BCUT2D eigenvalue weighted by Crippen LogP contribution is -2.27. The molecule has 0 spiro atoms. The molecule has 1 saturated heterocycles. The van der Waals surface area contributed by atoms with E-state index in [0.29, 0.717) is 19.0 Å². The first-order valence-electron chi connectivity index (χ1n) is 6.91. The molecule has 1 amide bonds. The Bertz CT molecular complexity index is 420. The van der Waals surface area contributed by atoms with E-state index in [1.165, 1.54) is 12.8 Å². The average molecular weight is 299 g/mol. The van der Waals surface area contributed by atoms with Gasteiger partial charge < -0.3 is 15.4 Å². The Morgan fingerprint density at radius 3 is 3.05 bits per heavy atom. The number of hydrogen-bond donors (Lipinski definition) is 2. The van der Waals surface area contributed by atoms with Gasteiger partial charge in [0.05, 0.1) is 7.11 Å². The topological polar surface area (TPSA) is 50.4 Å². The summed E-state index contributed by atoms with van der Waals surface area (Å²) in [7, 11) is 1.65. The molecule has 1 unspecified atom stereocenters. The Morgan fingerprint density at radius 2 is 2.35 bits per heavy atom. The van der Waals surface area contributed by atoms with E-state index in [-0.39, 0.29) is 18.3 Å². The first-order chi connectivity index (χ1) is 9.28. The number of methoxy groups -OCH3 is 1. The van der Waals surface area contributed by atoms with Crippen molar-refractivity contribution in [3.63, 3.8) is 0 Å². The largest absolute Gasteiger partial charge is 0.497 e. The van der Waals surface area contributed by atoms with Crippen LogP contribution in [0.3, 0.4) is 0 Å². The number of carbonyl (C=O) groups is 1. The van der Waals surface area contributed by atoms with Crippen LogP contribution in [0.4, 0.5) is 0 Å². The second-order valence-electron chi connectivity index (χ2n) is 4.96. The van der Waals surface area contributed by atoms with Crippen molar-refractivity contribution in [2.24, 2.45) is 0 Å². The Hall–Kier alpha value is -1.26. The third-order valence-electron chi connectivity index (χ3n) is 3.51. The number of rotatable bonds is 6. The minimum absolute atomic E-state index is 0. The lowest BCUT2D eigenvalue weighted by molar-refractivity contribution is -0.121. The Balaban J connectivity index is 0.00000200. The zero-order valence-corrected chi connectivity index (χ0v) is 12.7.